The summed E-state index contributed by atoms with van der Waals surface area (Å²) < 4.78 is 3.33. The molecule has 0 N–H and O–H groups in total. The van der Waals surface area contributed by atoms with E-state index in [0.717, 1.165) is 0 Å². The first-order chi connectivity index (χ1) is 18.2. The zero-order chi connectivity index (χ0) is 27.1. The zero-order valence-electron chi connectivity index (χ0n) is 26.5. The normalized spacial score (nSPS) is 12.0. The summed E-state index contributed by atoms with van der Waals surface area (Å²) in [5.74, 6) is 2.99. The average Bonchev–Trinajstić information content (AvgIpc) is 2.90. The molecule has 0 fully saturated rings. The van der Waals surface area contributed by atoms with Crippen LogP contribution in [0.3, 0.4) is 0 Å². The molecule has 0 aromatic heterocycles. The Morgan fingerprint density at radius 2 is 0.541 bits per heavy atom. The Morgan fingerprint density at radius 1 is 0.297 bits per heavy atom. The van der Waals surface area contributed by atoms with Crippen LogP contribution < -0.4 is 0 Å². The summed E-state index contributed by atoms with van der Waals surface area (Å²) in [4.78, 5) is 0. The van der Waals surface area contributed by atoms with Crippen molar-refractivity contribution in [1.29, 1.82) is 0 Å². The van der Waals surface area contributed by atoms with E-state index in [1.165, 1.54) is 178 Å². The Balaban J connectivity index is 4.30. The third-order valence-electron chi connectivity index (χ3n) is 8.05. The van der Waals surface area contributed by atoms with Crippen molar-refractivity contribution >= 4 is 33.5 Å². The van der Waals surface area contributed by atoms with Gasteiger partial charge in [0, 0.05) is 0 Å². The molecule has 224 valence electrons. The molecule has 0 unspecified atom stereocenters. The van der Waals surface area contributed by atoms with Crippen LogP contribution in [0.5, 0.6) is 0 Å². The van der Waals surface area contributed by atoms with Crippen molar-refractivity contribution in [3.05, 3.63) is 0 Å². The zero-order valence-corrected chi connectivity index (χ0v) is 31.0. The third kappa shape index (κ3) is 27.4. The number of unbranched alkanes of at least 4 members (excludes halogenated alkanes) is 22. The number of rotatable bonds is 32. The van der Waals surface area contributed by atoms with Gasteiger partial charge in [-0.25, -0.2) is 0 Å². The number of hydrogen-bond acceptors (Lipinski definition) is 2. The fourth-order valence-electron chi connectivity index (χ4n) is 5.44. The molecular formula is C34H72S2Sn. The van der Waals surface area contributed by atoms with Crippen molar-refractivity contribution in [3.63, 3.8) is 0 Å². The molecule has 0 aliphatic heterocycles. The van der Waals surface area contributed by atoms with Gasteiger partial charge in [0.05, 0.1) is 0 Å². The molecule has 0 saturated carbocycles. The molecule has 0 rings (SSSR count). The molecule has 0 radical (unpaired) electrons. The third-order valence-corrected chi connectivity index (χ3v) is 39.2. The van der Waals surface area contributed by atoms with Crippen LogP contribution in [0, 0.1) is 0 Å². The van der Waals surface area contributed by atoms with Gasteiger partial charge in [-0.05, 0) is 0 Å². The molecule has 0 aliphatic carbocycles. The molecule has 0 nitrogen and oxygen atoms in total. The summed E-state index contributed by atoms with van der Waals surface area (Å²) in [5, 5.41) is 0. The molecule has 37 heavy (non-hydrogen) atoms. The first-order valence-corrected chi connectivity index (χ1v) is 30.5. The molecule has 0 spiro atoms. The Labute approximate surface area is 247 Å². The van der Waals surface area contributed by atoms with Crippen molar-refractivity contribution in [1.82, 2.24) is 0 Å². The van der Waals surface area contributed by atoms with E-state index < -0.39 is 15.6 Å². The van der Waals surface area contributed by atoms with Gasteiger partial charge in [0.2, 0.25) is 0 Å². The molecule has 0 aliphatic rings. The van der Waals surface area contributed by atoms with Gasteiger partial charge in [-0.2, -0.15) is 0 Å². The predicted molar refractivity (Wildman–Crippen MR) is 183 cm³/mol. The van der Waals surface area contributed by atoms with Crippen molar-refractivity contribution in [2.24, 2.45) is 0 Å². The molecule has 0 atom stereocenters. The summed E-state index contributed by atoms with van der Waals surface area (Å²) in [6.07, 6.45) is 38.2. The summed E-state index contributed by atoms with van der Waals surface area (Å²) in [7, 11) is 5.20. The fraction of sp³-hybridized carbons (Fsp3) is 1.00. The van der Waals surface area contributed by atoms with E-state index in [-0.39, 0.29) is 0 Å². The molecule has 0 saturated heterocycles. The van der Waals surface area contributed by atoms with Crippen molar-refractivity contribution in [3.8, 4) is 0 Å². The second-order valence-corrected chi connectivity index (χ2v) is 38.5. The van der Waals surface area contributed by atoms with Crippen molar-refractivity contribution in [2.75, 3.05) is 11.5 Å². The fourth-order valence-corrected chi connectivity index (χ4v) is 36.2. The van der Waals surface area contributed by atoms with Crippen LogP contribution in [0.2, 0.25) is 8.87 Å². The Kier molecular flexibility index (Phi) is 33.3. The van der Waals surface area contributed by atoms with Gasteiger partial charge in [-0.3, -0.25) is 0 Å². The first kappa shape index (κ1) is 38.5. The minimum absolute atomic E-state index is 1.37. The van der Waals surface area contributed by atoms with Gasteiger partial charge in [0.25, 0.3) is 0 Å². The summed E-state index contributed by atoms with van der Waals surface area (Å²) in [6, 6.07) is 0. The van der Waals surface area contributed by atoms with Crippen LogP contribution in [-0.4, -0.2) is 27.1 Å². The summed E-state index contributed by atoms with van der Waals surface area (Å²) in [6.45, 7) is 9.42. The summed E-state index contributed by atoms with van der Waals surface area (Å²) in [5.41, 5.74) is 0. The quantitative estimate of drug-likeness (QED) is 0.0519. The van der Waals surface area contributed by atoms with Gasteiger partial charge < -0.3 is 0 Å². The smallest absolute Gasteiger partial charge is 0.0654 e. The van der Waals surface area contributed by atoms with Crippen LogP contribution in [0.4, 0.5) is 0 Å². The Bertz CT molecular complexity index is 377. The van der Waals surface area contributed by atoms with Crippen LogP contribution in [-0.2, 0) is 0 Å². The van der Waals surface area contributed by atoms with Gasteiger partial charge in [0.1, 0.15) is 0 Å². The Morgan fingerprint density at radius 3 is 0.838 bits per heavy atom. The summed E-state index contributed by atoms with van der Waals surface area (Å²) >= 11 is -2.12. The van der Waals surface area contributed by atoms with E-state index >= 15 is 0 Å². The van der Waals surface area contributed by atoms with Crippen LogP contribution in [0.15, 0.2) is 0 Å². The van der Waals surface area contributed by atoms with Gasteiger partial charge in [-0.1, -0.05) is 13.8 Å². The van der Waals surface area contributed by atoms with Crippen LogP contribution >= 0.6 is 17.9 Å². The average molecular weight is 664 g/mol. The molecule has 0 amide bonds. The van der Waals surface area contributed by atoms with E-state index in [0.29, 0.717) is 0 Å². The van der Waals surface area contributed by atoms with Crippen LogP contribution in [0.1, 0.15) is 195 Å². The second-order valence-electron chi connectivity index (χ2n) is 11.9. The van der Waals surface area contributed by atoms with Gasteiger partial charge in [-0.15, -0.1) is 0 Å². The molecule has 0 aromatic carbocycles. The van der Waals surface area contributed by atoms with Crippen LogP contribution in [0.25, 0.3) is 0 Å². The van der Waals surface area contributed by atoms with E-state index in [2.05, 4.69) is 45.6 Å². The number of hydrogen-bond donors (Lipinski definition) is 0. The second kappa shape index (κ2) is 32.0. The maximum absolute atomic E-state index is 2.60. The van der Waals surface area contributed by atoms with Gasteiger partial charge >= 0.3 is 235 Å². The van der Waals surface area contributed by atoms with E-state index in [1.807, 2.05) is 0 Å². The van der Waals surface area contributed by atoms with E-state index in [4.69, 9.17) is 0 Å². The molecule has 0 bridgehead atoms. The topological polar surface area (TPSA) is 0 Å². The maximum atomic E-state index is 2.60. The minimum Gasteiger partial charge on any atom is -0.0654 e. The van der Waals surface area contributed by atoms with Crippen molar-refractivity contribution in [2.45, 2.75) is 204 Å². The molecule has 0 aromatic rings. The standard InChI is InChI=1S/2C12H26S.2C5H11.Sn/c2*1-2-3-4-5-6-7-8-9-10-11-12-13;2*1-3-5-4-2;/h2*13H,2-12H2,1H3;2*1,3-5H2,2H3;/q;;;;+2/p-2. The molecule has 3 heteroatoms. The minimum atomic E-state index is -2.12. The first-order valence-electron chi connectivity index (χ1n) is 17.5. The Hall–Kier alpha value is 1.50. The molecule has 0 heterocycles. The van der Waals surface area contributed by atoms with E-state index in [1.54, 1.807) is 8.87 Å². The van der Waals surface area contributed by atoms with E-state index in [9.17, 15) is 0 Å². The van der Waals surface area contributed by atoms with Gasteiger partial charge in [0.15, 0.2) is 0 Å². The SMILES string of the molecule is CCCCCCCCCCCC[S][Sn]([CH2]CCCC)([CH2]CCCC)[S]CCCCCCCCCCCC. The predicted octanol–water partition coefficient (Wildman–Crippen LogP) is 14.1. The molecular weight excluding hydrogens is 591 g/mol. The monoisotopic (exact) mass is 664 g/mol. The van der Waals surface area contributed by atoms with Crippen molar-refractivity contribution < 1.29 is 0 Å².